The Bertz CT molecular complexity index is 1400. The van der Waals surface area contributed by atoms with Crippen molar-refractivity contribution in [3.63, 3.8) is 0 Å². The number of aliphatic hydroxyl groups excluding tert-OH is 1. The number of methoxy groups -OCH3 is 1. The zero-order valence-corrected chi connectivity index (χ0v) is 20.8. The van der Waals surface area contributed by atoms with Gasteiger partial charge in [-0.2, -0.15) is 0 Å². The number of carbonyl (C=O) groups is 1. The molecular formula is C29H31N3O4. The second kappa shape index (κ2) is 10.0. The summed E-state index contributed by atoms with van der Waals surface area (Å²) in [4.78, 5) is 19.7. The van der Waals surface area contributed by atoms with E-state index in [0.29, 0.717) is 25.3 Å². The molecule has 1 amide bonds. The Kier molecular flexibility index (Phi) is 6.65. The first kappa shape index (κ1) is 23.9. The topological polar surface area (TPSA) is 76.8 Å². The average molecular weight is 486 g/mol. The van der Waals surface area contributed by atoms with Crippen LogP contribution in [0.2, 0.25) is 0 Å². The zero-order valence-electron chi connectivity index (χ0n) is 20.8. The van der Waals surface area contributed by atoms with Crippen LogP contribution < -0.4 is 14.4 Å². The molecule has 186 valence electrons. The van der Waals surface area contributed by atoms with Gasteiger partial charge in [0.25, 0.3) is 0 Å². The Balaban J connectivity index is 1.37. The van der Waals surface area contributed by atoms with Gasteiger partial charge in [0.2, 0.25) is 5.91 Å². The van der Waals surface area contributed by atoms with Gasteiger partial charge < -0.3 is 24.0 Å². The number of hydrogen-bond donors (Lipinski definition) is 1. The predicted molar refractivity (Wildman–Crippen MR) is 140 cm³/mol. The van der Waals surface area contributed by atoms with E-state index in [9.17, 15) is 9.90 Å². The van der Waals surface area contributed by atoms with Crippen molar-refractivity contribution in [2.24, 2.45) is 0 Å². The third-order valence-corrected chi connectivity index (χ3v) is 6.85. The van der Waals surface area contributed by atoms with Crippen molar-refractivity contribution in [2.45, 2.75) is 38.8 Å². The van der Waals surface area contributed by atoms with Gasteiger partial charge in [0.15, 0.2) is 0 Å². The summed E-state index contributed by atoms with van der Waals surface area (Å²) in [6.45, 7) is 5.10. The van der Waals surface area contributed by atoms with Crippen LogP contribution in [-0.2, 0) is 11.3 Å². The summed E-state index contributed by atoms with van der Waals surface area (Å²) in [5.41, 5.74) is 4.95. The van der Waals surface area contributed by atoms with Crippen molar-refractivity contribution in [3.8, 4) is 11.5 Å². The second-order valence-corrected chi connectivity index (χ2v) is 9.39. The molecule has 1 aliphatic rings. The highest BCUT2D eigenvalue weighted by atomic mass is 16.5. The van der Waals surface area contributed by atoms with E-state index in [1.54, 1.807) is 12.0 Å². The summed E-state index contributed by atoms with van der Waals surface area (Å²) in [5.74, 6) is 2.21. The normalized spacial score (nSPS) is 16.5. The van der Waals surface area contributed by atoms with Gasteiger partial charge in [-0.15, -0.1) is 0 Å². The lowest BCUT2D eigenvalue weighted by Gasteiger charge is -2.19. The Hall–Kier alpha value is -3.84. The molecule has 1 aromatic heterocycles. The van der Waals surface area contributed by atoms with Crippen LogP contribution in [0.4, 0.5) is 5.69 Å². The van der Waals surface area contributed by atoms with E-state index >= 15 is 0 Å². The van der Waals surface area contributed by atoms with Crippen LogP contribution in [0, 0.1) is 13.8 Å². The summed E-state index contributed by atoms with van der Waals surface area (Å²) in [6, 6.07) is 21.3. The first-order valence-corrected chi connectivity index (χ1v) is 12.2. The number of aromatic nitrogens is 2. The van der Waals surface area contributed by atoms with Gasteiger partial charge >= 0.3 is 0 Å². The van der Waals surface area contributed by atoms with Gasteiger partial charge in [-0.3, -0.25) is 4.79 Å². The number of aryl methyl sites for hydroxylation is 2. The smallest absolute Gasteiger partial charge is 0.227 e. The van der Waals surface area contributed by atoms with Crippen LogP contribution >= 0.6 is 0 Å². The highest BCUT2D eigenvalue weighted by Crippen LogP contribution is 2.34. The molecule has 1 saturated heterocycles. The van der Waals surface area contributed by atoms with Crippen LogP contribution in [0.5, 0.6) is 11.5 Å². The van der Waals surface area contributed by atoms with Crippen molar-refractivity contribution in [1.82, 2.24) is 9.55 Å². The van der Waals surface area contributed by atoms with Crippen LogP contribution in [0.25, 0.3) is 11.0 Å². The number of aliphatic hydroxyl groups is 1. The molecule has 0 unspecified atom stereocenters. The SMILES string of the molecule is COc1cccc(N2C[C@H](c3nc4ccccc4n3C[C@@H](O)COc3ccc(C)c(C)c3)CC2=O)c1. The predicted octanol–water partition coefficient (Wildman–Crippen LogP) is 4.62. The minimum Gasteiger partial charge on any atom is -0.497 e. The van der Waals surface area contributed by atoms with Crippen molar-refractivity contribution >= 4 is 22.6 Å². The Morgan fingerprint density at radius 3 is 2.67 bits per heavy atom. The molecule has 0 aliphatic carbocycles. The van der Waals surface area contributed by atoms with E-state index < -0.39 is 6.10 Å². The molecule has 1 fully saturated rings. The number of carbonyl (C=O) groups excluding carboxylic acids is 1. The maximum absolute atomic E-state index is 13.0. The fourth-order valence-electron chi connectivity index (χ4n) is 4.77. The van der Waals surface area contributed by atoms with Gasteiger partial charge in [0.1, 0.15) is 30.0 Å². The standard InChI is InChI=1S/C29H31N3O4/c1-19-11-12-25(13-20(19)2)36-18-23(33)17-32-27-10-5-4-9-26(27)30-29(32)21-14-28(34)31(16-21)22-7-6-8-24(15-22)35-3/h4-13,15,21,23,33H,14,16-18H2,1-3H3/t21-,23-/m1/s1. The summed E-state index contributed by atoms with van der Waals surface area (Å²) in [7, 11) is 1.62. The summed E-state index contributed by atoms with van der Waals surface area (Å²) >= 11 is 0. The first-order valence-electron chi connectivity index (χ1n) is 12.2. The molecule has 0 bridgehead atoms. The fraction of sp³-hybridized carbons (Fsp3) is 0.310. The van der Waals surface area contributed by atoms with Crippen LogP contribution in [-0.4, -0.2) is 46.9 Å². The number of nitrogens with zero attached hydrogens (tertiary/aromatic N) is 3. The number of amides is 1. The van der Waals surface area contributed by atoms with Gasteiger partial charge in [-0.05, 0) is 61.4 Å². The fourth-order valence-corrected chi connectivity index (χ4v) is 4.77. The summed E-state index contributed by atoms with van der Waals surface area (Å²) in [5, 5.41) is 10.9. The lowest BCUT2D eigenvalue weighted by molar-refractivity contribution is -0.117. The lowest BCUT2D eigenvalue weighted by Crippen LogP contribution is -2.26. The van der Waals surface area contributed by atoms with E-state index in [-0.39, 0.29) is 18.4 Å². The second-order valence-electron chi connectivity index (χ2n) is 9.39. The molecule has 0 spiro atoms. The number of para-hydroxylation sites is 2. The number of rotatable bonds is 8. The summed E-state index contributed by atoms with van der Waals surface area (Å²) < 4.78 is 13.3. The number of hydrogen-bond acceptors (Lipinski definition) is 5. The highest BCUT2D eigenvalue weighted by molar-refractivity contribution is 5.96. The molecular weight excluding hydrogens is 454 g/mol. The van der Waals surface area contributed by atoms with Crippen molar-refractivity contribution < 1.29 is 19.4 Å². The van der Waals surface area contributed by atoms with E-state index in [4.69, 9.17) is 14.5 Å². The summed E-state index contributed by atoms with van der Waals surface area (Å²) in [6.07, 6.45) is -0.384. The van der Waals surface area contributed by atoms with Gasteiger partial charge in [0.05, 0.1) is 24.7 Å². The Labute approximate surface area is 210 Å². The lowest BCUT2D eigenvalue weighted by atomic mass is 10.1. The van der Waals surface area contributed by atoms with E-state index in [1.165, 1.54) is 5.56 Å². The maximum atomic E-state index is 13.0. The van der Waals surface area contributed by atoms with Crippen molar-refractivity contribution in [1.29, 1.82) is 0 Å². The molecule has 0 saturated carbocycles. The van der Waals surface area contributed by atoms with Crippen molar-refractivity contribution in [2.75, 3.05) is 25.2 Å². The molecule has 7 heteroatoms. The quantitative estimate of drug-likeness (QED) is 0.394. The monoisotopic (exact) mass is 485 g/mol. The van der Waals surface area contributed by atoms with Crippen LogP contribution in [0.1, 0.15) is 29.3 Å². The van der Waals surface area contributed by atoms with E-state index in [2.05, 4.69) is 6.92 Å². The zero-order chi connectivity index (χ0) is 25.2. The maximum Gasteiger partial charge on any atom is 0.227 e. The van der Waals surface area contributed by atoms with Gasteiger partial charge in [-0.25, -0.2) is 4.98 Å². The number of benzene rings is 3. The molecule has 3 aromatic carbocycles. The highest BCUT2D eigenvalue weighted by Gasteiger charge is 2.35. The molecule has 4 aromatic rings. The molecule has 1 aliphatic heterocycles. The molecule has 2 heterocycles. The third-order valence-electron chi connectivity index (χ3n) is 6.85. The minimum atomic E-state index is -0.741. The largest absolute Gasteiger partial charge is 0.497 e. The minimum absolute atomic E-state index is 0.0467. The third kappa shape index (κ3) is 4.79. The van der Waals surface area contributed by atoms with Crippen LogP contribution in [0.3, 0.4) is 0 Å². The molecule has 2 atom stereocenters. The molecule has 0 radical (unpaired) electrons. The average Bonchev–Trinajstić information content (AvgIpc) is 3.45. The molecule has 1 N–H and O–H groups in total. The molecule has 7 nitrogen and oxygen atoms in total. The van der Waals surface area contributed by atoms with E-state index in [1.807, 2.05) is 78.2 Å². The number of ether oxygens (including phenoxy) is 2. The number of imidazole rings is 1. The van der Waals surface area contributed by atoms with E-state index in [0.717, 1.165) is 33.9 Å². The van der Waals surface area contributed by atoms with Crippen molar-refractivity contribution in [3.05, 3.63) is 83.7 Å². The Morgan fingerprint density at radius 1 is 1.03 bits per heavy atom. The van der Waals surface area contributed by atoms with Crippen LogP contribution in [0.15, 0.2) is 66.7 Å². The van der Waals surface area contributed by atoms with Gasteiger partial charge in [-0.1, -0.05) is 24.3 Å². The molecule has 5 rings (SSSR count). The number of anilines is 1. The number of fused-ring (bicyclic) bond motifs is 1. The van der Waals surface area contributed by atoms with Gasteiger partial charge in [0, 0.05) is 30.6 Å². The first-order chi connectivity index (χ1) is 17.4. The molecule has 36 heavy (non-hydrogen) atoms. The Morgan fingerprint density at radius 2 is 1.86 bits per heavy atom.